The zero-order chi connectivity index (χ0) is 21.2. The monoisotopic (exact) mass is 416 g/mol. The van der Waals surface area contributed by atoms with E-state index in [1.807, 2.05) is 6.92 Å². The lowest BCUT2D eigenvalue weighted by Crippen LogP contribution is -2.15. The van der Waals surface area contributed by atoms with Gasteiger partial charge in [-0.05, 0) is 42.8 Å². The van der Waals surface area contributed by atoms with Crippen LogP contribution < -0.4 is 5.32 Å². The molecule has 2 aromatic carbocycles. The highest BCUT2D eigenvalue weighted by Gasteiger charge is 2.12. The number of Topliss-reactive ketones (excluding diaryl/α,β-unsaturated/α-hetero) is 1. The highest BCUT2D eigenvalue weighted by Crippen LogP contribution is 2.21. The van der Waals surface area contributed by atoms with E-state index in [0.29, 0.717) is 22.6 Å². The van der Waals surface area contributed by atoms with E-state index < -0.39 is 10.9 Å². The molecule has 0 bridgehead atoms. The van der Waals surface area contributed by atoms with E-state index in [4.69, 9.17) is 4.74 Å². The first-order valence-corrected chi connectivity index (χ1v) is 9.83. The molecule has 0 aliphatic carbocycles. The van der Waals surface area contributed by atoms with Gasteiger partial charge in [0, 0.05) is 34.7 Å². The number of carbonyl (C=O) groups excluding carboxylic acids is 3. The molecular formula is C20H20N2O6S. The van der Waals surface area contributed by atoms with Crippen LogP contribution in [0.2, 0.25) is 0 Å². The number of esters is 1. The molecule has 0 saturated heterocycles. The van der Waals surface area contributed by atoms with Gasteiger partial charge in [-0.2, -0.15) is 0 Å². The Bertz CT molecular complexity index is 881. The number of nitro groups is 1. The predicted octanol–water partition coefficient (Wildman–Crippen LogP) is 3.85. The van der Waals surface area contributed by atoms with Gasteiger partial charge in [0.05, 0.1) is 10.7 Å². The van der Waals surface area contributed by atoms with Gasteiger partial charge in [0.1, 0.15) is 0 Å². The van der Waals surface area contributed by atoms with Crippen LogP contribution in [0.5, 0.6) is 0 Å². The molecule has 152 valence electrons. The Morgan fingerprint density at radius 2 is 1.72 bits per heavy atom. The first kappa shape index (κ1) is 22.1. The van der Waals surface area contributed by atoms with E-state index in [-0.39, 0.29) is 29.7 Å². The Morgan fingerprint density at radius 1 is 1.07 bits per heavy atom. The van der Waals surface area contributed by atoms with E-state index in [0.717, 1.165) is 18.2 Å². The minimum atomic E-state index is -0.565. The van der Waals surface area contributed by atoms with E-state index in [2.05, 4.69) is 5.32 Å². The fraction of sp³-hybridized carbons (Fsp3) is 0.250. The summed E-state index contributed by atoms with van der Waals surface area (Å²) in [4.78, 5) is 46.3. The topological polar surface area (TPSA) is 116 Å². The van der Waals surface area contributed by atoms with Crippen LogP contribution in [0.4, 0.5) is 11.4 Å². The number of non-ortho nitro benzene ring substituents is 1. The molecule has 2 rings (SSSR count). The van der Waals surface area contributed by atoms with Crippen LogP contribution in [-0.4, -0.2) is 34.9 Å². The predicted molar refractivity (Wildman–Crippen MR) is 109 cm³/mol. The highest BCUT2D eigenvalue weighted by atomic mass is 32.2. The molecule has 0 aliphatic rings. The van der Waals surface area contributed by atoms with Gasteiger partial charge in [0.25, 0.3) is 5.69 Å². The summed E-state index contributed by atoms with van der Waals surface area (Å²) in [5.41, 5.74) is 0.935. The summed E-state index contributed by atoms with van der Waals surface area (Å²) in [5.74, 6) is -1.03. The number of nitrogens with zero attached hydrogens (tertiary/aromatic N) is 1. The van der Waals surface area contributed by atoms with Gasteiger partial charge in [-0.3, -0.25) is 24.5 Å². The molecule has 2 aromatic rings. The minimum Gasteiger partial charge on any atom is -0.457 e. The Labute approximate surface area is 171 Å². The normalized spacial score (nSPS) is 10.2. The Balaban J connectivity index is 1.77. The number of amides is 1. The molecule has 0 unspecified atom stereocenters. The number of carbonyl (C=O) groups is 3. The summed E-state index contributed by atoms with van der Waals surface area (Å²) >= 11 is 1.16. The lowest BCUT2D eigenvalue weighted by atomic mass is 10.1. The SMILES string of the molecule is CCCC(=O)Nc1ccc(C(=O)COC(=O)CSc2ccc([N+](=O)[O-])cc2)cc1. The molecule has 8 nitrogen and oxygen atoms in total. The second kappa shape index (κ2) is 11.0. The number of nitro benzene ring substituents is 1. The van der Waals surface area contributed by atoms with Crippen molar-refractivity contribution in [2.24, 2.45) is 0 Å². The Kier molecular flexibility index (Phi) is 8.35. The van der Waals surface area contributed by atoms with Crippen molar-refractivity contribution in [1.82, 2.24) is 0 Å². The third-order valence-electron chi connectivity index (χ3n) is 3.74. The van der Waals surface area contributed by atoms with Gasteiger partial charge in [0.15, 0.2) is 12.4 Å². The van der Waals surface area contributed by atoms with Crippen molar-refractivity contribution in [2.75, 3.05) is 17.7 Å². The van der Waals surface area contributed by atoms with E-state index >= 15 is 0 Å². The number of thioether (sulfide) groups is 1. The maximum Gasteiger partial charge on any atom is 0.316 e. The molecule has 9 heteroatoms. The van der Waals surface area contributed by atoms with Crippen LogP contribution in [0.15, 0.2) is 53.4 Å². The third-order valence-corrected chi connectivity index (χ3v) is 4.72. The first-order chi connectivity index (χ1) is 13.9. The summed E-state index contributed by atoms with van der Waals surface area (Å²) < 4.78 is 4.98. The van der Waals surface area contributed by atoms with Crippen LogP contribution in [0.25, 0.3) is 0 Å². The maximum absolute atomic E-state index is 12.1. The van der Waals surface area contributed by atoms with E-state index in [1.165, 1.54) is 12.1 Å². The van der Waals surface area contributed by atoms with Crippen LogP contribution in [0.3, 0.4) is 0 Å². The largest absolute Gasteiger partial charge is 0.457 e. The third kappa shape index (κ3) is 7.38. The summed E-state index contributed by atoms with van der Waals surface area (Å²) in [6.07, 6.45) is 1.17. The number of benzene rings is 2. The van der Waals surface area contributed by atoms with Crippen molar-refractivity contribution in [3.05, 3.63) is 64.2 Å². The Hall–Kier alpha value is -3.20. The summed E-state index contributed by atoms with van der Waals surface area (Å²) in [5, 5.41) is 13.3. The lowest BCUT2D eigenvalue weighted by Gasteiger charge is -2.07. The molecule has 1 amide bonds. The molecule has 1 N–H and O–H groups in total. The fourth-order valence-corrected chi connectivity index (χ4v) is 2.96. The second-order valence-electron chi connectivity index (χ2n) is 6.00. The maximum atomic E-state index is 12.1. The highest BCUT2D eigenvalue weighted by molar-refractivity contribution is 8.00. The van der Waals surface area contributed by atoms with E-state index in [9.17, 15) is 24.5 Å². The number of anilines is 1. The standard InChI is InChI=1S/C20H20N2O6S/c1-2-3-19(24)21-15-6-4-14(5-7-15)18(23)12-28-20(25)13-29-17-10-8-16(9-11-17)22(26)27/h4-11H,2-3,12-13H2,1H3,(H,21,24). The number of hydrogen-bond donors (Lipinski definition) is 1. The zero-order valence-electron chi connectivity index (χ0n) is 15.8. The molecule has 0 saturated carbocycles. The van der Waals surface area contributed by atoms with Gasteiger partial charge < -0.3 is 10.1 Å². The smallest absolute Gasteiger partial charge is 0.316 e. The average molecular weight is 416 g/mol. The van der Waals surface area contributed by atoms with Gasteiger partial charge in [-0.15, -0.1) is 11.8 Å². The van der Waals surface area contributed by atoms with Crippen LogP contribution in [0, 0.1) is 10.1 Å². The fourth-order valence-electron chi connectivity index (χ4n) is 2.27. The van der Waals surface area contributed by atoms with Crippen LogP contribution in [0.1, 0.15) is 30.1 Å². The van der Waals surface area contributed by atoms with Gasteiger partial charge in [-0.25, -0.2) is 0 Å². The van der Waals surface area contributed by atoms with Gasteiger partial charge >= 0.3 is 5.97 Å². The number of nitrogens with one attached hydrogen (secondary N) is 1. The minimum absolute atomic E-state index is 0.0203. The Morgan fingerprint density at radius 3 is 2.31 bits per heavy atom. The quantitative estimate of drug-likeness (QED) is 0.206. The van der Waals surface area contributed by atoms with Crippen molar-refractivity contribution in [1.29, 1.82) is 0 Å². The molecule has 0 fully saturated rings. The molecule has 0 aromatic heterocycles. The first-order valence-electron chi connectivity index (χ1n) is 8.85. The second-order valence-corrected chi connectivity index (χ2v) is 7.05. The average Bonchev–Trinajstić information content (AvgIpc) is 2.71. The number of ether oxygens (including phenoxy) is 1. The van der Waals surface area contributed by atoms with Crippen molar-refractivity contribution < 1.29 is 24.0 Å². The molecule has 0 radical (unpaired) electrons. The summed E-state index contributed by atoms with van der Waals surface area (Å²) in [6, 6.07) is 12.1. The van der Waals surface area contributed by atoms with Crippen molar-refractivity contribution in [2.45, 2.75) is 24.7 Å². The van der Waals surface area contributed by atoms with E-state index in [1.54, 1.807) is 36.4 Å². The lowest BCUT2D eigenvalue weighted by molar-refractivity contribution is -0.384. The van der Waals surface area contributed by atoms with Gasteiger partial charge in [0.2, 0.25) is 5.91 Å². The van der Waals surface area contributed by atoms with Crippen LogP contribution >= 0.6 is 11.8 Å². The van der Waals surface area contributed by atoms with Crippen molar-refractivity contribution in [3.63, 3.8) is 0 Å². The number of hydrogen-bond acceptors (Lipinski definition) is 7. The summed E-state index contributed by atoms with van der Waals surface area (Å²) in [6.45, 7) is 1.52. The number of rotatable bonds is 10. The number of ketones is 1. The van der Waals surface area contributed by atoms with Crippen LogP contribution in [-0.2, 0) is 14.3 Å². The molecule has 0 heterocycles. The molecule has 0 spiro atoms. The molecule has 0 atom stereocenters. The molecule has 29 heavy (non-hydrogen) atoms. The molecule has 0 aliphatic heterocycles. The van der Waals surface area contributed by atoms with Gasteiger partial charge in [-0.1, -0.05) is 6.92 Å². The summed E-state index contributed by atoms with van der Waals surface area (Å²) in [7, 11) is 0. The van der Waals surface area contributed by atoms with Crippen molar-refractivity contribution in [3.8, 4) is 0 Å². The van der Waals surface area contributed by atoms with Crippen molar-refractivity contribution >= 4 is 40.8 Å². The molecular weight excluding hydrogens is 396 g/mol. The zero-order valence-corrected chi connectivity index (χ0v) is 16.6.